The van der Waals surface area contributed by atoms with Crippen molar-refractivity contribution >= 4 is 23.4 Å². The van der Waals surface area contributed by atoms with Gasteiger partial charge in [0, 0.05) is 18.0 Å². The van der Waals surface area contributed by atoms with Crippen LogP contribution in [0.1, 0.15) is 11.4 Å². The fraction of sp³-hybridized carbons (Fsp3) is 0.222. The number of halogens is 1. The maximum Gasteiger partial charge on any atom is 0.171 e. The molecule has 0 bridgehead atoms. The first kappa shape index (κ1) is 10.4. The molecule has 0 aromatic carbocycles. The van der Waals surface area contributed by atoms with Crippen molar-refractivity contribution in [2.75, 3.05) is 0 Å². The van der Waals surface area contributed by atoms with Crippen LogP contribution in [0.3, 0.4) is 0 Å². The predicted molar refractivity (Wildman–Crippen MR) is 59.2 cm³/mol. The second-order valence-corrected chi connectivity index (χ2v) is 4.32. The number of hydrogen-bond acceptors (Lipinski definition) is 4. The number of imidazole rings is 1. The Bertz CT molecular complexity index is 469. The molecular weight excluding hydrogens is 232 g/mol. The van der Waals surface area contributed by atoms with Crippen LogP contribution in [-0.4, -0.2) is 19.9 Å². The SMILES string of the molecule is Cc1nc(Cl)c(C)c(Sc2ncc[nH]2)n1. The van der Waals surface area contributed by atoms with Crippen LogP contribution in [0.15, 0.2) is 22.6 Å². The lowest BCUT2D eigenvalue weighted by molar-refractivity contribution is 0.931. The van der Waals surface area contributed by atoms with Crippen molar-refractivity contribution in [3.05, 3.63) is 28.9 Å². The van der Waals surface area contributed by atoms with Gasteiger partial charge in [-0.2, -0.15) is 0 Å². The molecule has 0 saturated carbocycles. The summed E-state index contributed by atoms with van der Waals surface area (Å²) in [6.07, 6.45) is 3.47. The first-order valence-corrected chi connectivity index (χ1v) is 5.54. The van der Waals surface area contributed by atoms with E-state index in [1.54, 1.807) is 12.4 Å². The highest BCUT2D eigenvalue weighted by Gasteiger charge is 2.09. The summed E-state index contributed by atoms with van der Waals surface area (Å²) in [6.45, 7) is 3.71. The van der Waals surface area contributed by atoms with Crippen LogP contribution in [0.5, 0.6) is 0 Å². The lowest BCUT2D eigenvalue weighted by Crippen LogP contribution is -1.95. The molecule has 15 heavy (non-hydrogen) atoms. The number of aromatic amines is 1. The van der Waals surface area contributed by atoms with E-state index in [1.807, 2.05) is 13.8 Å². The molecule has 2 heterocycles. The third kappa shape index (κ3) is 2.30. The van der Waals surface area contributed by atoms with Crippen molar-refractivity contribution in [1.82, 2.24) is 19.9 Å². The molecular formula is C9H9ClN4S. The molecule has 0 spiro atoms. The van der Waals surface area contributed by atoms with E-state index in [1.165, 1.54) is 11.8 Å². The quantitative estimate of drug-likeness (QED) is 0.820. The molecule has 0 aliphatic rings. The fourth-order valence-electron chi connectivity index (χ4n) is 1.07. The molecule has 78 valence electrons. The minimum Gasteiger partial charge on any atom is -0.339 e. The zero-order chi connectivity index (χ0) is 10.8. The Balaban J connectivity index is 2.36. The summed E-state index contributed by atoms with van der Waals surface area (Å²) >= 11 is 7.41. The van der Waals surface area contributed by atoms with Crippen LogP contribution >= 0.6 is 23.4 Å². The zero-order valence-electron chi connectivity index (χ0n) is 8.28. The average Bonchev–Trinajstić information content (AvgIpc) is 2.66. The topological polar surface area (TPSA) is 54.5 Å². The highest BCUT2D eigenvalue weighted by molar-refractivity contribution is 7.99. The number of nitrogens with zero attached hydrogens (tertiary/aromatic N) is 3. The lowest BCUT2D eigenvalue weighted by Gasteiger charge is -2.04. The molecule has 0 aliphatic carbocycles. The van der Waals surface area contributed by atoms with Crippen molar-refractivity contribution in [3.8, 4) is 0 Å². The van der Waals surface area contributed by atoms with E-state index in [0.717, 1.165) is 15.7 Å². The molecule has 0 radical (unpaired) electrons. The maximum atomic E-state index is 5.96. The van der Waals surface area contributed by atoms with Crippen molar-refractivity contribution in [2.24, 2.45) is 0 Å². The van der Waals surface area contributed by atoms with Gasteiger partial charge in [-0.15, -0.1) is 0 Å². The number of hydrogen-bond donors (Lipinski definition) is 1. The van der Waals surface area contributed by atoms with Crippen LogP contribution < -0.4 is 0 Å². The first-order valence-electron chi connectivity index (χ1n) is 4.35. The highest BCUT2D eigenvalue weighted by Crippen LogP contribution is 2.28. The lowest BCUT2D eigenvalue weighted by atomic mass is 10.4. The van der Waals surface area contributed by atoms with Crippen molar-refractivity contribution < 1.29 is 0 Å². The van der Waals surface area contributed by atoms with E-state index >= 15 is 0 Å². The normalized spacial score (nSPS) is 10.6. The van der Waals surface area contributed by atoms with Gasteiger partial charge in [0.2, 0.25) is 0 Å². The number of H-pyrrole nitrogens is 1. The minimum absolute atomic E-state index is 0.497. The maximum absolute atomic E-state index is 5.96. The Labute approximate surface area is 96.5 Å². The van der Waals surface area contributed by atoms with Gasteiger partial charge in [0.25, 0.3) is 0 Å². The Kier molecular flexibility index (Phi) is 2.93. The monoisotopic (exact) mass is 240 g/mol. The molecule has 0 atom stereocenters. The van der Waals surface area contributed by atoms with Gasteiger partial charge < -0.3 is 4.98 Å². The summed E-state index contributed by atoms with van der Waals surface area (Å²) in [5, 5.41) is 2.13. The van der Waals surface area contributed by atoms with Gasteiger partial charge >= 0.3 is 0 Å². The molecule has 0 amide bonds. The average molecular weight is 241 g/mol. The predicted octanol–water partition coefficient (Wildman–Crippen LogP) is 2.62. The van der Waals surface area contributed by atoms with Gasteiger partial charge in [-0.1, -0.05) is 11.6 Å². The van der Waals surface area contributed by atoms with Gasteiger partial charge in [-0.3, -0.25) is 0 Å². The minimum atomic E-state index is 0.497. The highest BCUT2D eigenvalue weighted by atomic mass is 35.5. The van der Waals surface area contributed by atoms with Crippen LogP contribution in [0.25, 0.3) is 0 Å². The summed E-state index contributed by atoms with van der Waals surface area (Å²) in [4.78, 5) is 15.5. The third-order valence-electron chi connectivity index (χ3n) is 1.82. The van der Waals surface area contributed by atoms with E-state index in [9.17, 15) is 0 Å². The van der Waals surface area contributed by atoms with Crippen LogP contribution in [0.2, 0.25) is 5.15 Å². The van der Waals surface area contributed by atoms with E-state index in [0.29, 0.717) is 11.0 Å². The Hall–Kier alpha value is -1.07. The van der Waals surface area contributed by atoms with Crippen LogP contribution in [0, 0.1) is 13.8 Å². The molecule has 2 rings (SSSR count). The largest absolute Gasteiger partial charge is 0.339 e. The number of rotatable bonds is 2. The second kappa shape index (κ2) is 4.20. The van der Waals surface area contributed by atoms with E-state index in [-0.39, 0.29) is 0 Å². The zero-order valence-corrected chi connectivity index (χ0v) is 9.85. The number of aromatic nitrogens is 4. The van der Waals surface area contributed by atoms with Gasteiger partial charge in [-0.05, 0) is 25.6 Å². The summed E-state index contributed by atoms with van der Waals surface area (Å²) in [5.41, 5.74) is 0.878. The number of aryl methyl sites for hydroxylation is 1. The molecule has 1 N–H and O–H groups in total. The Morgan fingerprint density at radius 3 is 2.80 bits per heavy atom. The second-order valence-electron chi connectivity index (χ2n) is 2.99. The van der Waals surface area contributed by atoms with Gasteiger partial charge in [-0.25, -0.2) is 15.0 Å². The fourth-order valence-corrected chi connectivity index (χ4v) is 2.19. The smallest absolute Gasteiger partial charge is 0.171 e. The van der Waals surface area contributed by atoms with Crippen LogP contribution in [-0.2, 0) is 0 Å². The molecule has 6 heteroatoms. The van der Waals surface area contributed by atoms with Crippen molar-refractivity contribution in [2.45, 2.75) is 24.0 Å². The van der Waals surface area contributed by atoms with Gasteiger partial charge in [0.05, 0.1) is 0 Å². The Morgan fingerprint density at radius 2 is 2.13 bits per heavy atom. The van der Waals surface area contributed by atoms with Crippen molar-refractivity contribution in [1.29, 1.82) is 0 Å². The summed E-state index contributed by atoms with van der Waals surface area (Å²) in [6, 6.07) is 0. The summed E-state index contributed by atoms with van der Waals surface area (Å²) in [7, 11) is 0. The first-order chi connectivity index (χ1) is 7.16. The van der Waals surface area contributed by atoms with Crippen LogP contribution in [0.4, 0.5) is 0 Å². The van der Waals surface area contributed by atoms with E-state index in [2.05, 4.69) is 19.9 Å². The summed E-state index contributed by atoms with van der Waals surface area (Å²) in [5.74, 6) is 0.666. The molecule has 0 unspecified atom stereocenters. The molecule has 0 saturated heterocycles. The Morgan fingerprint density at radius 1 is 1.33 bits per heavy atom. The molecule has 0 aliphatic heterocycles. The van der Waals surface area contributed by atoms with E-state index < -0.39 is 0 Å². The molecule has 2 aromatic rings. The molecule has 2 aromatic heterocycles. The standard InChI is InChI=1S/C9H9ClN4S/c1-5-7(10)13-6(2)14-8(5)15-9-11-3-4-12-9/h3-4H,1-2H3,(H,11,12). The number of nitrogens with one attached hydrogen (secondary N) is 1. The van der Waals surface area contributed by atoms with Crippen molar-refractivity contribution in [3.63, 3.8) is 0 Å². The third-order valence-corrected chi connectivity index (χ3v) is 3.20. The molecule has 4 nitrogen and oxygen atoms in total. The van der Waals surface area contributed by atoms with Gasteiger partial charge in [0.1, 0.15) is 16.0 Å². The summed E-state index contributed by atoms with van der Waals surface area (Å²) < 4.78 is 0. The van der Waals surface area contributed by atoms with E-state index in [4.69, 9.17) is 11.6 Å². The van der Waals surface area contributed by atoms with Gasteiger partial charge in [0.15, 0.2) is 5.16 Å². The molecule has 0 fully saturated rings.